The molecule has 0 radical (unpaired) electrons. The van der Waals surface area contributed by atoms with Crippen LogP contribution in [0.4, 0.5) is 5.82 Å². The lowest BCUT2D eigenvalue weighted by molar-refractivity contribution is -0.126. The number of hydrogen-bond acceptors (Lipinski definition) is 8. The molecule has 4 aromatic rings. The Morgan fingerprint density at radius 1 is 1.10 bits per heavy atom. The van der Waals surface area contributed by atoms with Gasteiger partial charge in [0.1, 0.15) is 18.4 Å². The van der Waals surface area contributed by atoms with Crippen LogP contribution in [0.25, 0.3) is 22.4 Å². The third-order valence-electron chi connectivity index (χ3n) is 8.56. The number of aromatic nitrogens is 1. The highest BCUT2D eigenvalue weighted by atomic mass is 32.2. The maximum absolute atomic E-state index is 13.3. The molecule has 2 atom stereocenters. The molecular weight excluding hydrogens is 632 g/mol. The van der Waals surface area contributed by atoms with Crippen LogP contribution in [-0.4, -0.2) is 65.6 Å². The molecule has 5 rings (SSSR count). The van der Waals surface area contributed by atoms with E-state index in [-0.39, 0.29) is 49.4 Å². The summed E-state index contributed by atoms with van der Waals surface area (Å²) in [5, 5.41) is 6.32. The Labute approximate surface area is 282 Å². The van der Waals surface area contributed by atoms with E-state index in [1.165, 1.54) is 4.31 Å². The highest BCUT2D eigenvalue weighted by Crippen LogP contribution is 2.46. The minimum atomic E-state index is -3.76. The molecule has 1 aliphatic carbocycles. The maximum atomic E-state index is 13.3. The fraction of sp³-hybridized carbons (Fsp3) is 0.417. The van der Waals surface area contributed by atoms with Crippen LogP contribution in [0.2, 0.25) is 0 Å². The first kappa shape index (κ1) is 35.1. The van der Waals surface area contributed by atoms with Crippen molar-refractivity contribution in [2.75, 3.05) is 44.7 Å². The Morgan fingerprint density at radius 2 is 1.81 bits per heavy atom. The maximum Gasteiger partial charge on any atom is 0.255 e. The minimum absolute atomic E-state index is 0.108. The van der Waals surface area contributed by atoms with E-state index in [2.05, 4.69) is 10.6 Å². The van der Waals surface area contributed by atoms with Gasteiger partial charge in [-0.05, 0) is 55.7 Å². The summed E-state index contributed by atoms with van der Waals surface area (Å²) in [5.74, 6) is -0.0609. The molecule has 0 spiro atoms. The molecule has 2 aromatic carbocycles. The molecule has 1 saturated carbocycles. The summed E-state index contributed by atoms with van der Waals surface area (Å²) in [5.41, 5.74) is 4.02. The van der Waals surface area contributed by atoms with Gasteiger partial charge in [0.15, 0.2) is 0 Å². The molecule has 0 aliphatic heterocycles. The zero-order chi connectivity index (χ0) is 34.4. The Kier molecular flexibility index (Phi) is 11.2. The van der Waals surface area contributed by atoms with E-state index in [0.717, 1.165) is 41.4 Å². The third-order valence-corrected chi connectivity index (χ3v) is 9.72. The number of sulfonamides is 1. The van der Waals surface area contributed by atoms with E-state index < -0.39 is 15.9 Å². The van der Waals surface area contributed by atoms with Crippen LogP contribution in [0.5, 0.6) is 0 Å². The molecule has 2 unspecified atom stereocenters. The van der Waals surface area contributed by atoms with Gasteiger partial charge in [0, 0.05) is 32.2 Å². The number of fused-ring (bicyclic) bond motifs is 1. The summed E-state index contributed by atoms with van der Waals surface area (Å²) in [4.78, 5) is 31.2. The second-order valence-corrected chi connectivity index (χ2v) is 14.3. The van der Waals surface area contributed by atoms with Crippen molar-refractivity contribution in [3.05, 3.63) is 82.9 Å². The van der Waals surface area contributed by atoms with Gasteiger partial charge < -0.3 is 24.5 Å². The second kappa shape index (κ2) is 15.3. The molecule has 12 heteroatoms. The minimum Gasteiger partial charge on any atom is -0.437 e. The number of benzene rings is 2. The standard InChI is InChI=1S/C36H44N4O7S/c1-23-13-15-27(16-14-23)32-31(35(42)37-3)29-20-28(25-17-18-25)33(39-36(29)47-32)40(48(5,43)44)19-9-10-24(2)34(41)38-30(21-46-22-45-4)26-11-7-6-8-12-26/h6-8,11-16,20,24-25,30H,9-10,17-19,21-22H2,1-5H3,(H,37,42)(H,38,41). The van der Waals surface area contributed by atoms with Crippen LogP contribution in [0.15, 0.2) is 65.1 Å². The van der Waals surface area contributed by atoms with Crippen LogP contribution < -0.4 is 14.9 Å². The van der Waals surface area contributed by atoms with Gasteiger partial charge in [-0.3, -0.25) is 13.9 Å². The predicted octanol–water partition coefficient (Wildman–Crippen LogP) is 5.70. The van der Waals surface area contributed by atoms with Crippen LogP contribution in [0.1, 0.15) is 71.6 Å². The number of methoxy groups -OCH3 is 1. The van der Waals surface area contributed by atoms with Crippen molar-refractivity contribution in [3.8, 4) is 11.3 Å². The number of pyridine rings is 1. The number of carbonyl (C=O) groups is 2. The Balaban J connectivity index is 1.39. The molecular formula is C36H44N4O7S. The van der Waals surface area contributed by atoms with E-state index in [1.807, 2.05) is 74.5 Å². The van der Waals surface area contributed by atoms with E-state index in [9.17, 15) is 18.0 Å². The number of aryl methyl sites for hydroxylation is 1. The van der Waals surface area contributed by atoms with Crippen LogP contribution in [0.3, 0.4) is 0 Å². The first-order valence-electron chi connectivity index (χ1n) is 16.2. The fourth-order valence-electron chi connectivity index (χ4n) is 5.75. The topological polar surface area (TPSA) is 140 Å². The predicted molar refractivity (Wildman–Crippen MR) is 185 cm³/mol. The molecule has 11 nitrogen and oxygen atoms in total. The van der Waals surface area contributed by atoms with Crippen LogP contribution in [0, 0.1) is 12.8 Å². The number of ether oxygens (including phenoxy) is 2. The number of amides is 2. The lowest BCUT2D eigenvalue weighted by Gasteiger charge is -2.25. The SMILES string of the molecule is CNC(=O)c1c(-c2ccc(C)cc2)oc2nc(N(CCCC(C)C(=O)NC(COCOC)c3ccccc3)S(C)(=O)=O)c(C3CC3)cc12. The number of nitrogens with one attached hydrogen (secondary N) is 2. The van der Waals surface area contributed by atoms with E-state index in [1.54, 1.807) is 14.2 Å². The molecule has 2 aromatic heterocycles. The summed E-state index contributed by atoms with van der Waals surface area (Å²) in [7, 11) is -0.658. The van der Waals surface area contributed by atoms with Gasteiger partial charge >= 0.3 is 0 Å². The number of carbonyl (C=O) groups excluding carboxylic acids is 2. The van der Waals surface area contributed by atoms with E-state index in [4.69, 9.17) is 18.9 Å². The highest BCUT2D eigenvalue weighted by molar-refractivity contribution is 7.92. The number of hydrogen-bond donors (Lipinski definition) is 2. The number of furan rings is 1. The number of rotatable bonds is 16. The molecule has 1 aliphatic rings. The molecule has 2 N–H and O–H groups in total. The van der Waals surface area contributed by atoms with Crippen molar-refractivity contribution in [2.45, 2.75) is 51.5 Å². The van der Waals surface area contributed by atoms with Crippen molar-refractivity contribution < 1.29 is 31.9 Å². The van der Waals surface area contributed by atoms with Gasteiger partial charge in [0.2, 0.25) is 21.6 Å². The van der Waals surface area contributed by atoms with Crippen LogP contribution in [-0.2, 0) is 24.3 Å². The van der Waals surface area contributed by atoms with Crippen molar-refractivity contribution in [3.63, 3.8) is 0 Å². The summed E-state index contributed by atoms with van der Waals surface area (Å²) in [6, 6.07) is 18.7. The molecule has 0 saturated heterocycles. The quantitative estimate of drug-likeness (QED) is 0.114. The molecule has 256 valence electrons. The van der Waals surface area contributed by atoms with E-state index in [0.29, 0.717) is 35.4 Å². The first-order valence-corrected chi connectivity index (χ1v) is 18.0. The Bertz CT molecular complexity index is 1840. The van der Waals surface area contributed by atoms with Gasteiger partial charge in [-0.1, -0.05) is 67.1 Å². The largest absolute Gasteiger partial charge is 0.437 e. The van der Waals surface area contributed by atoms with Gasteiger partial charge in [-0.25, -0.2) is 8.42 Å². The first-order chi connectivity index (χ1) is 23.0. The average molecular weight is 677 g/mol. The van der Waals surface area contributed by atoms with Crippen molar-refractivity contribution >= 4 is 38.8 Å². The fourth-order valence-corrected chi connectivity index (χ4v) is 6.67. The van der Waals surface area contributed by atoms with Gasteiger partial charge in [0.05, 0.1) is 29.9 Å². The third kappa shape index (κ3) is 8.23. The smallest absolute Gasteiger partial charge is 0.255 e. The highest BCUT2D eigenvalue weighted by Gasteiger charge is 2.34. The molecule has 0 bridgehead atoms. The summed E-state index contributed by atoms with van der Waals surface area (Å²) in [6.45, 7) is 4.29. The second-order valence-electron chi connectivity index (χ2n) is 12.4. The molecule has 48 heavy (non-hydrogen) atoms. The normalized spacial score (nSPS) is 14.4. The zero-order valence-corrected chi connectivity index (χ0v) is 28.9. The van der Waals surface area contributed by atoms with E-state index >= 15 is 0 Å². The number of anilines is 1. The molecule has 2 heterocycles. The van der Waals surface area contributed by atoms with Crippen molar-refractivity contribution in [1.82, 2.24) is 15.6 Å². The average Bonchev–Trinajstić information content (AvgIpc) is 3.85. The van der Waals surface area contributed by atoms with Crippen molar-refractivity contribution in [1.29, 1.82) is 0 Å². The molecule has 2 amide bonds. The van der Waals surface area contributed by atoms with Gasteiger partial charge in [-0.15, -0.1) is 0 Å². The summed E-state index contributed by atoms with van der Waals surface area (Å²) < 4.78 is 44.6. The lowest BCUT2D eigenvalue weighted by Crippen LogP contribution is -2.36. The monoisotopic (exact) mass is 676 g/mol. The Morgan fingerprint density at radius 3 is 2.44 bits per heavy atom. The zero-order valence-electron chi connectivity index (χ0n) is 28.1. The van der Waals surface area contributed by atoms with Crippen molar-refractivity contribution in [2.24, 2.45) is 5.92 Å². The summed E-state index contributed by atoms with van der Waals surface area (Å²) >= 11 is 0. The lowest BCUT2D eigenvalue weighted by atomic mass is 10.0. The van der Waals surface area contributed by atoms with Gasteiger partial charge in [0.25, 0.3) is 5.91 Å². The summed E-state index contributed by atoms with van der Waals surface area (Å²) in [6.07, 6.45) is 3.80. The Hall–Kier alpha value is -4.26. The molecule has 1 fully saturated rings. The van der Waals surface area contributed by atoms with Gasteiger partial charge in [-0.2, -0.15) is 4.98 Å². The van der Waals surface area contributed by atoms with Crippen LogP contribution >= 0.6 is 0 Å². The number of nitrogens with zero attached hydrogens (tertiary/aromatic N) is 2.